The number of nitrogens with one attached hydrogen (secondary N) is 1. The Hall–Kier alpha value is -1.39. The lowest BCUT2D eigenvalue weighted by Crippen LogP contribution is -2.09. The number of nitrogens with zero attached hydrogens (tertiary/aromatic N) is 1. The highest BCUT2D eigenvalue weighted by atomic mass is 79.9. The molecule has 1 aromatic carbocycles. The van der Waals surface area contributed by atoms with Crippen molar-refractivity contribution in [1.82, 2.24) is 10.3 Å². The first-order valence-corrected chi connectivity index (χ1v) is 7.91. The van der Waals surface area contributed by atoms with Gasteiger partial charge < -0.3 is 10.1 Å². The lowest BCUT2D eigenvalue weighted by Gasteiger charge is -2.14. The maximum absolute atomic E-state index is 5.97. The molecule has 0 spiro atoms. The molecule has 0 aliphatic rings. The first-order valence-electron chi connectivity index (χ1n) is 7.12. The number of ether oxygens (including phenoxy) is 1. The van der Waals surface area contributed by atoms with E-state index in [2.05, 4.69) is 46.1 Å². The van der Waals surface area contributed by atoms with Gasteiger partial charge in [0.15, 0.2) is 0 Å². The van der Waals surface area contributed by atoms with Gasteiger partial charge >= 0.3 is 0 Å². The average Bonchev–Trinajstić information content (AvgIpc) is 2.46. The number of halogens is 1. The molecule has 112 valence electrons. The van der Waals surface area contributed by atoms with Gasteiger partial charge in [0.2, 0.25) is 0 Å². The Morgan fingerprint density at radius 2 is 1.95 bits per heavy atom. The van der Waals surface area contributed by atoms with Crippen molar-refractivity contribution in [2.75, 3.05) is 7.05 Å². The second kappa shape index (κ2) is 7.57. The van der Waals surface area contributed by atoms with E-state index < -0.39 is 0 Å². The molecule has 4 heteroatoms. The van der Waals surface area contributed by atoms with Crippen LogP contribution in [0.2, 0.25) is 0 Å². The Morgan fingerprint density at radius 3 is 2.67 bits per heavy atom. The molecule has 0 aliphatic heterocycles. The minimum atomic E-state index is 0.418. The lowest BCUT2D eigenvalue weighted by atomic mass is 10.0. The highest BCUT2D eigenvalue weighted by Crippen LogP contribution is 2.30. The molecule has 0 fully saturated rings. The summed E-state index contributed by atoms with van der Waals surface area (Å²) in [5.74, 6) is 1.34. The number of aromatic nitrogens is 1. The minimum Gasteiger partial charge on any atom is -0.487 e. The van der Waals surface area contributed by atoms with Crippen molar-refractivity contribution in [3.8, 4) is 5.75 Å². The fourth-order valence-electron chi connectivity index (χ4n) is 2.14. The van der Waals surface area contributed by atoms with Crippen LogP contribution < -0.4 is 10.1 Å². The number of benzene rings is 1. The van der Waals surface area contributed by atoms with Crippen LogP contribution in [0.25, 0.3) is 0 Å². The highest BCUT2D eigenvalue weighted by Gasteiger charge is 2.09. The van der Waals surface area contributed by atoms with E-state index >= 15 is 0 Å². The van der Waals surface area contributed by atoms with Crippen molar-refractivity contribution in [1.29, 1.82) is 0 Å². The Labute approximate surface area is 134 Å². The van der Waals surface area contributed by atoms with Gasteiger partial charge in [-0.25, -0.2) is 0 Å². The van der Waals surface area contributed by atoms with E-state index in [0.717, 1.165) is 28.2 Å². The Kier molecular flexibility index (Phi) is 5.76. The maximum Gasteiger partial charge on any atom is 0.130 e. The maximum atomic E-state index is 5.97. The van der Waals surface area contributed by atoms with E-state index in [-0.39, 0.29) is 0 Å². The van der Waals surface area contributed by atoms with Crippen LogP contribution in [0, 0.1) is 0 Å². The van der Waals surface area contributed by atoms with E-state index in [4.69, 9.17) is 4.74 Å². The van der Waals surface area contributed by atoms with E-state index in [1.165, 1.54) is 5.56 Å². The molecule has 0 saturated heterocycles. The highest BCUT2D eigenvalue weighted by molar-refractivity contribution is 9.10. The summed E-state index contributed by atoms with van der Waals surface area (Å²) in [5.41, 5.74) is 3.18. The molecular formula is C17H21BrN2O. The van der Waals surface area contributed by atoms with Crippen LogP contribution in [0.15, 0.2) is 40.9 Å². The largest absolute Gasteiger partial charge is 0.487 e. The van der Waals surface area contributed by atoms with Crippen molar-refractivity contribution in [3.63, 3.8) is 0 Å². The summed E-state index contributed by atoms with van der Waals surface area (Å²) in [5, 5.41) is 3.11. The summed E-state index contributed by atoms with van der Waals surface area (Å²) >= 11 is 3.51. The fourth-order valence-corrected chi connectivity index (χ4v) is 2.52. The summed E-state index contributed by atoms with van der Waals surface area (Å²) in [7, 11) is 1.92. The number of pyridine rings is 1. The molecule has 0 amide bonds. The molecule has 3 nitrogen and oxygen atoms in total. The molecule has 0 unspecified atom stereocenters. The van der Waals surface area contributed by atoms with E-state index in [9.17, 15) is 0 Å². The normalized spacial score (nSPS) is 10.9. The van der Waals surface area contributed by atoms with Crippen molar-refractivity contribution in [2.45, 2.75) is 32.9 Å². The van der Waals surface area contributed by atoms with Crippen molar-refractivity contribution in [3.05, 3.63) is 57.8 Å². The first-order chi connectivity index (χ1) is 10.1. The summed E-state index contributed by atoms with van der Waals surface area (Å²) < 4.78 is 7.05. The third kappa shape index (κ3) is 4.55. The van der Waals surface area contributed by atoms with Gasteiger partial charge in [-0.05, 0) is 48.9 Å². The van der Waals surface area contributed by atoms with Gasteiger partial charge in [0.1, 0.15) is 12.4 Å². The van der Waals surface area contributed by atoms with E-state index in [1.807, 2.05) is 37.4 Å². The smallest absolute Gasteiger partial charge is 0.130 e. The van der Waals surface area contributed by atoms with Crippen LogP contribution in [0.1, 0.15) is 36.7 Å². The molecule has 0 atom stereocenters. The second-order valence-electron chi connectivity index (χ2n) is 5.28. The molecule has 2 rings (SSSR count). The Morgan fingerprint density at radius 1 is 1.19 bits per heavy atom. The van der Waals surface area contributed by atoms with Gasteiger partial charge in [-0.1, -0.05) is 35.8 Å². The molecule has 0 radical (unpaired) electrons. The summed E-state index contributed by atoms with van der Waals surface area (Å²) in [6.45, 7) is 5.59. The van der Waals surface area contributed by atoms with Crippen molar-refractivity contribution >= 4 is 15.9 Å². The molecule has 2 aromatic rings. The zero-order chi connectivity index (χ0) is 15.2. The molecule has 1 aromatic heterocycles. The minimum absolute atomic E-state index is 0.418. The third-order valence-corrected chi connectivity index (χ3v) is 3.68. The average molecular weight is 349 g/mol. The summed E-state index contributed by atoms with van der Waals surface area (Å²) in [6.07, 6.45) is 0. The van der Waals surface area contributed by atoms with Crippen LogP contribution in [-0.4, -0.2) is 12.0 Å². The summed E-state index contributed by atoms with van der Waals surface area (Å²) in [4.78, 5) is 4.57. The zero-order valence-electron chi connectivity index (χ0n) is 12.7. The van der Waals surface area contributed by atoms with Gasteiger partial charge in [-0.15, -0.1) is 0 Å². The van der Waals surface area contributed by atoms with Crippen molar-refractivity contribution in [2.24, 2.45) is 0 Å². The zero-order valence-corrected chi connectivity index (χ0v) is 14.3. The van der Waals surface area contributed by atoms with Crippen LogP contribution in [0.4, 0.5) is 0 Å². The van der Waals surface area contributed by atoms with Gasteiger partial charge in [-0.3, -0.25) is 4.98 Å². The molecule has 1 heterocycles. The van der Waals surface area contributed by atoms with Gasteiger partial charge in [0.25, 0.3) is 0 Å². The van der Waals surface area contributed by atoms with Gasteiger partial charge in [0.05, 0.1) is 11.4 Å². The van der Waals surface area contributed by atoms with Gasteiger partial charge in [0, 0.05) is 11.0 Å². The third-order valence-electron chi connectivity index (χ3n) is 3.19. The number of rotatable bonds is 6. The lowest BCUT2D eigenvalue weighted by molar-refractivity contribution is 0.296. The van der Waals surface area contributed by atoms with E-state index in [1.54, 1.807) is 0 Å². The Balaban J connectivity index is 2.11. The molecule has 0 bridgehead atoms. The Bertz CT molecular complexity index is 599. The predicted octanol–water partition coefficient (Wildman–Crippen LogP) is 4.27. The summed E-state index contributed by atoms with van der Waals surface area (Å²) in [6, 6.07) is 12.2. The van der Waals surface area contributed by atoms with E-state index in [0.29, 0.717) is 12.5 Å². The van der Waals surface area contributed by atoms with Crippen LogP contribution in [-0.2, 0) is 13.2 Å². The second-order valence-corrected chi connectivity index (χ2v) is 6.19. The number of hydrogen-bond acceptors (Lipinski definition) is 3. The number of hydrogen-bond donors (Lipinski definition) is 1. The van der Waals surface area contributed by atoms with Gasteiger partial charge in [-0.2, -0.15) is 0 Å². The molecular weight excluding hydrogens is 328 g/mol. The fraction of sp³-hybridized carbons (Fsp3) is 0.353. The topological polar surface area (TPSA) is 34.1 Å². The molecule has 0 saturated carbocycles. The van der Waals surface area contributed by atoms with Crippen LogP contribution >= 0.6 is 15.9 Å². The molecule has 21 heavy (non-hydrogen) atoms. The van der Waals surface area contributed by atoms with Crippen LogP contribution in [0.3, 0.4) is 0 Å². The molecule has 0 aliphatic carbocycles. The first kappa shape index (κ1) is 16.0. The monoisotopic (exact) mass is 348 g/mol. The van der Waals surface area contributed by atoms with Crippen LogP contribution in [0.5, 0.6) is 5.75 Å². The quantitative estimate of drug-likeness (QED) is 0.846. The predicted molar refractivity (Wildman–Crippen MR) is 89.6 cm³/mol. The SMILES string of the molecule is CNCc1cccc(COc2ccc(Br)cc2C(C)C)n1. The molecule has 1 N–H and O–H groups in total. The standard InChI is InChI=1S/C17H21BrN2O/c1-12(2)16-9-13(18)7-8-17(16)21-11-15-6-4-5-14(20-15)10-19-3/h4-9,12,19H,10-11H2,1-3H3. The van der Waals surface area contributed by atoms with Crippen molar-refractivity contribution < 1.29 is 4.74 Å².